The molecule has 0 spiro atoms. The van der Waals surface area contributed by atoms with E-state index < -0.39 is 0 Å². The number of imidazole rings is 1. The second kappa shape index (κ2) is 7.68. The molecule has 1 fully saturated rings. The van der Waals surface area contributed by atoms with Crippen LogP contribution >= 0.6 is 0 Å². The van der Waals surface area contributed by atoms with E-state index in [-0.39, 0.29) is 0 Å². The summed E-state index contributed by atoms with van der Waals surface area (Å²) in [7, 11) is 0. The van der Waals surface area contributed by atoms with Gasteiger partial charge < -0.3 is 25.3 Å². The van der Waals surface area contributed by atoms with Gasteiger partial charge in [-0.1, -0.05) is 0 Å². The average Bonchev–Trinajstić information content (AvgIpc) is 3.19. The number of anilines is 5. The van der Waals surface area contributed by atoms with Crippen molar-refractivity contribution in [2.24, 2.45) is 0 Å². The number of rotatable bonds is 5. The SMILES string of the molecule is c1cc(Nc2nc3ncnc(Nc4ccc(N5CCOCC5)cc4)c3[nH]2)ncn1. The monoisotopic (exact) mass is 389 g/mol. The first-order valence-electron chi connectivity index (χ1n) is 9.29. The van der Waals surface area contributed by atoms with Crippen LogP contribution in [-0.4, -0.2) is 56.2 Å². The molecule has 3 aromatic heterocycles. The smallest absolute Gasteiger partial charge is 0.208 e. The van der Waals surface area contributed by atoms with E-state index in [0.717, 1.165) is 32.0 Å². The Kier molecular flexibility index (Phi) is 4.59. The van der Waals surface area contributed by atoms with Crippen LogP contribution in [0.1, 0.15) is 0 Å². The Labute approximate surface area is 166 Å². The lowest BCUT2D eigenvalue weighted by Gasteiger charge is -2.28. The number of aromatic nitrogens is 6. The molecule has 1 aliphatic heterocycles. The molecule has 0 atom stereocenters. The zero-order valence-corrected chi connectivity index (χ0v) is 15.5. The molecule has 0 unspecified atom stereocenters. The second-order valence-electron chi connectivity index (χ2n) is 6.50. The van der Waals surface area contributed by atoms with Crippen molar-refractivity contribution in [1.82, 2.24) is 29.9 Å². The Balaban J connectivity index is 1.36. The van der Waals surface area contributed by atoms with Crippen molar-refractivity contribution in [2.75, 3.05) is 41.8 Å². The molecule has 1 aromatic carbocycles. The van der Waals surface area contributed by atoms with E-state index in [0.29, 0.717) is 28.7 Å². The van der Waals surface area contributed by atoms with Crippen LogP contribution < -0.4 is 15.5 Å². The van der Waals surface area contributed by atoms with E-state index in [1.807, 2.05) is 12.1 Å². The van der Waals surface area contributed by atoms with E-state index in [9.17, 15) is 0 Å². The summed E-state index contributed by atoms with van der Waals surface area (Å²) in [5.41, 5.74) is 3.39. The van der Waals surface area contributed by atoms with Crippen LogP contribution in [0.2, 0.25) is 0 Å². The third kappa shape index (κ3) is 3.78. The van der Waals surface area contributed by atoms with E-state index in [1.54, 1.807) is 12.3 Å². The van der Waals surface area contributed by atoms with Crippen molar-refractivity contribution in [3.05, 3.63) is 49.2 Å². The highest BCUT2D eigenvalue weighted by atomic mass is 16.5. The number of hydrogen-bond donors (Lipinski definition) is 3. The molecular weight excluding hydrogens is 370 g/mol. The van der Waals surface area contributed by atoms with Crippen molar-refractivity contribution < 1.29 is 4.74 Å². The normalized spacial score (nSPS) is 14.1. The van der Waals surface area contributed by atoms with Gasteiger partial charge in [-0.3, -0.25) is 0 Å². The molecule has 146 valence electrons. The maximum absolute atomic E-state index is 5.41. The molecule has 3 N–H and O–H groups in total. The number of fused-ring (bicyclic) bond motifs is 1. The fraction of sp³-hybridized carbons (Fsp3) is 0.211. The summed E-state index contributed by atoms with van der Waals surface area (Å²) < 4.78 is 5.41. The topological polar surface area (TPSA) is 117 Å². The quantitative estimate of drug-likeness (QED) is 0.473. The largest absolute Gasteiger partial charge is 0.378 e. The van der Waals surface area contributed by atoms with Crippen LogP contribution in [-0.2, 0) is 4.74 Å². The summed E-state index contributed by atoms with van der Waals surface area (Å²) in [5, 5.41) is 6.43. The van der Waals surface area contributed by atoms with E-state index >= 15 is 0 Å². The zero-order valence-electron chi connectivity index (χ0n) is 15.5. The predicted molar refractivity (Wildman–Crippen MR) is 110 cm³/mol. The van der Waals surface area contributed by atoms with Gasteiger partial charge in [0.05, 0.1) is 13.2 Å². The first kappa shape index (κ1) is 17.3. The molecular formula is C19H19N9O. The standard InChI is InChI=1S/C19H19N9O/c1-3-14(28-7-9-29-10-8-28)4-2-13(1)24-17-16-18(23-12-22-17)27-19(26-16)25-15-5-6-20-11-21-15/h1-6,11-12H,7-10H2,(H3,20,21,22,23,24,25,26,27). The molecule has 29 heavy (non-hydrogen) atoms. The molecule has 4 heterocycles. The fourth-order valence-corrected chi connectivity index (χ4v) is 3.18. The number of morpholine rings is 1. The lowest BCUT2D eigenvalue weighted by atomic mass is 10.2. The van der Waals surface area contributed by atoms with Crippen LogP contribution in [0.4, 0.5) is 29.0 Å². The number of nitrogens with one attached hydrogen (secondary N) is 3. The number of nitrogens with zero attached hydrogens (tertiary/aromatic N) is 6. The highest BCUT2D eigenvalue weighted by Gasteiger charge is 2.13. The van der Waals surface area contributed by atoms with Crippen molar-refractivity contribution in [2.45, 2.75) is 0 Å². The second-order valence-corrected chi connectivity index (χ2v) is 6.50. The molecule has 4 aromatic rings. The van der Waals surface area contributed by atoms with Gasteiger partial charge in [0.25, 0.3) is 0 Å². The molecule has 0 aliphatic carbocycles. The van der Waals surface area contributed by atoms with Crippen molar-refractivity contribution in [3.63, 3.8) is 0 Å². The Morgan fingerprint density at radius 3 is 2.59 bits per heavy atom. The lowest BCUT2D eigenvalue weighted by molar-refractivity contribution is 0.122. The lowest BCUT2D eigenvalue weighted by Crippen LogP contribution is -2.36. The van der Waals surface area contributed by atoms with Gasteiger partial charge in [-0.2, -0.15) is 4.98 Å². The van der Waals surface area contributed by atoms with E-state index in [1.165, 1.54) is 18.3 Å². The number of benzene rings is 1. The Morgan fingerprint density at radius 2 is 1.79 bits per heavy atom. The summed E-state index contributed by atoms with van der Waals surface area (Å²) in [6.45, 7) is 3.36. The van der Waals surface area contributed by atoms with Gasteiger partial charge in [0.15, 0.2) is 11.5 Å². The minimum atomic E-state index is 0.532. The number of hydrogen-bond acceptors (Lipinski definition) is 9. The van der Waals surface area contributed by atoms with Crippen LogP contribution in [0.5, 0.6) is 0 Å². The molecule has 10 heteroatoms. The molecule has 0 bridgehead atoms. The molecule has 5 rings (SSSR count). The Morgan fingerprint density at radius 1 is 0.931 bits per heavy atom. The molecule has 1 saturated heterocycles. The van der Waals surface area contributed by atoms with E-state index in [2.05, 4.69) is 57.6 Å². The fourth-order valence-electron chi connectivity index (χ4n) is 3.18. The van der Waals surface area contributed by atoms with Gasteiger partial charge in [-0.15, -0.1) is 0 Å². The van der Waals surface area contributed by atoms with Gasteiger partial charge in [0.1, 0.15) is 24.0 Å². The highest BCUT2D eigenvalue weighted by Crippen LogP contribution is 2.25. The summed E-state index contributed by atoms with van der Waals surface area (Å²) in [5.74, 6) is 1.82. The molecule has 10 nitrogen and oxygen atoms in total. The molecule has 0 radical (unpaired) electrons. The summed E-state index contributed by atoms with van der Waals surface area (Å²) in [4.78, 5) is 26.6. The number of H-pyrrole nitrogens is 1. The average molecular weight is 389 g/mol. The first-order chi connectivity index (χ1) is 14.3. The molecule has 0 amide bonds. The van der Waals surface area contributed by atoms with Gasteiger partial charge >= 0.3 is 0 Å². The summed E-state index contributed by atoms with van der Waals surface area (Å²) in [6.07, 6.45) is 4.62. The maximum atomic E-state index is 5.41. The zero-order chi connectivity index (χ0) is 19.5. The predicted octanol–water partition coefficient (Wildman–Crippen LogP) is 2.47. The van der Waals surface area contributed by atoms with Crippen LogP contribution in [0.3, 0.4) is 0 Å². The third-order valence-electron chi connectivity index (χ3n) is 4.62. The molecule has 0 saturated carbocycles. The Bertz CT molecular complexity index is 1090. The summed E-state index contributed by atoms with van der Waals surface area (Å²) >= 11 is 0. The van der Waals surface area contributed by atoms with Crippen LogP contribution in [0, 0.1) is 0 Å². The minimum Gasteiger partial charge on any atom is -0.378 e. The van der Waals surface area contributed by atoms with Crippen molar-refractivity contribution >= 4 is 40.1 Å². The minimum absolute atomic E-state index is 0.532. The number of ether oxygens (including phenoxy) is 1. The highest BCUT2D eigenvalue weighted by molar-refractivity contribution is 5.87. The van der Waals surface area contributed by atoms with Crippen LogP contribution in [0.15, 0.2) is 49.2 Å². The van der Waals surface area contributed by atoms with Gasteiger partial charge in [-0.25, -0.2) is 19.9 Å². The Hall–Kier alpha value is -3.79. The maximum Gasteiger partial charge on any atom is 0.208 e. The molecule has 1 aliphatic rings. The van der Waals surface area contributed by atoms with Gasteiger partial charge in [-0.05, 0) is 30.3 Å². The van der Waals surface area contributed by atoms with Gasteiger partial charge in [0, 0.05) is 30.7 Å². The van der Waals surface area contributed by atoms with E-state index in [4.69, 9.17) is 4.74 Å². The number of aromatic amines is 1. The first-order valence-corrected chi connectivity index (χ1v) is 9.29. The van der Waals surface area contributed by atoms with Crippen LogP contribution in [0.25, 0.3) is 11.2 Å². The van der Waals surface area contributed by atoms with Crippen molar-refractivity contribution in [3.8, 4) is 0 Å². The third-order valence-corrected chi connectivity index (χ3v) is 4.62. The summed E-state index contributed by atoms with van der Waals surface area (Å²) in [6, 6.07) is 10.0. The van der Waals surface area contributed by atoms with Gasteiger partial charge in [0.2, 0.25) is 5.95 Å². The van der Waals surface area contributed by atoms with Crippen molar-refractivity contribution in [1.29, 1.82) is 0 Å².